The molecule has 5 nitrogen and oxygen atoms in total. The Morgan fingerprint density at radius 1 is 1.44 bits per heavy atom. The number of hydrogen-bond acceptors (Lipinski definition) is 4. The van der Waals surface area contributed by atoms with Crippen LogP contribution in [-0.4, -0.2) is 44.8 Å². The molecule has 0 amide bonds. The molecule has 1 N–H and O–H groups in total. The minimum atomic E-state index is -4.49. The molecule has 8 heteroatoms. The van der Waals surface area contributed by atoms with Gasteiger partial charge in [0.05, 0.1) is 12.6 Å². The van der Waals surface area contributed by atoms with E-state index in [1.54, 1.807) is 0 Å². The number of likely N-dealkylation sites (tertiary alicyclic amines) is 1. The summed E-state index contributed by atoms with van der Waals surface area (Å²) in [6.45, 7) is 1.38. The minimum absolute atomic E-state index is 0.286. The summed E-state index contributed by atoms with van der Waals surface area (Å²) in [7, 11) is -4.49. The highest BCUT2D eigenvalue weighted by molar-refractivity contribution is 7.89. The molecule has 0 aliphatic carbocycles. The molecule has 0 aromatic carbocycles. The lowest BCUT2D eigenvalue weighted by atomic mass is 10.1. The quantitative estimate of drug-likeness (QED) is 0.722. The van der Waals surface area contributed by atoms with E-state index in [2.05, 4.69) is 0 Å². The van der Waals surface area contributed by atoms with E-state index in [1.807, 2.05) is 15.7 Å². The van der Waals surface area contributed by atoms with Crippen molar-refractivity contribution < 1.29 is 17.2 Å². The van der Waals surface area contributed by atoms with Crippen molar-refractivity contribution in [1.29, 1.82) is 5.26 Å². The normalized spacial score (nSPS) is 19.9. The number of piperidine rings is 1. The van der Waals surface area contributed by atoms with Crippen LogP contribution < -0.4 is 4.72 Å². The van der Waals surface area contributed by atoms with E-state index >= 15 is 0 Å². The topological polar surface area (TPSA) is 73.2 Å². The van der Waals surface area contributed by atoms with Crippen LogP contribution in [0.1, 0.15) is 12.8 Å². The third-order valence-electron chi connectivity index (χ3n) is 2.45. The van der Waals surface area contributed by atoms with Gasteiger partial charge >= 0.3 is 5.76 Å². The van der Waals surface area contributed by atoms with Gasteiger partial charge in [0, 0.05) is 19.1 Å². The number of sulfonamides is 1. The van der Waals surface area contributed by atoms with Crippen LogP contribution in [0.4, 0.5) is 8.78 Å². The van der Waals surface area contributed by atoms with Crippen LogP contribution in [-0.2, 0) is 10.0 Å². The maximum atomic E-state index is 12.1. The predicted octanol–water partition coefficient (Wildman–Crippen LogP) is 0.116. The maximum Gasteiger partial charge on any atom is 0.350 e. The van der Waals surface area contributed by atoms with Gasteiger partial charge in [0.2, 0.25) is 0 Å². The largest absolute Gasteiger partial charge is 0.350 e. The van der Waals surface area contributed by atoms with Crippen molar-refractivity contribution in [3.05, 3.63) is 0 Å². The molecule has 1 saturated heterocycles. The highest BCUT2D eigenvalue weighted by atomic mass is 32.2. The van der Waals surface area contributed by atoms with Crippen molar-refractivity contribution in [1.82, 2.24) is 9.62 Å². The fraction of sp³-hybridized carbons (Fsp3) is 0.875. The molecule has 0 unspecified atom stereocenters. The van der Waals surface area contributed by atoms with Crippen molar-refractivity contribution in [3.63, 3.8) is 0 Å². The summed E-state index contributed by atoms with van der Waals surface area (Å²) < 4.78 is 47.8. The van der Waals surface area contributed by atoms with Crippen molar-refractivity contribution in [2.24, 2.45) is 0 Å². The van der Waals surface area contributed by atoms with E-state index in [4.69, 9.17) is 5.26 Å². The van der Waals surface area contributed by atoms with Gasteiger partial charge in [-0.3, -0.25) is 4.90 Å². The Kier molecular flexibility index (Phi) is 4.58. The third-order valence-corrected chi connectivity index (χ3v) is 3.58. The van der Waals surface area contributed by atoms with Gasteiger partial charge in [-0.05, 0) is 12.8 Å². The molecule has 0 aromatic rings. The molecule has 1 rings (SSSR count). The highest BCUT2D eigenvalue weighted by Crippen LogP contribution is 2.12. The number of nitrogens with one attached hydrogen (secondary N) is 1. The summed E-state index contributed by atoms with van der Waals surface area (Å²) >= 11 is 0. The van der Waals surface area contributed by atoms with Crippen LogP contribution in [0.2, 0.25) is 0 Å². The second-order valence-corrected chi connectivity index (χ2v) is 5.31. The van der Waals surface area contributed by atoms with E-state index in [1.165, 1.54) is 0 Å². The Morgan fingerprint density at radius 3 is 2.44 bits per heavy atom. The molecule has 0 spiro atoms. The van der Waals surface area contributed by atoms with Crippen molar-refractivity contribution in [2.75, 3.05) is 19.6 Å². The first-order valence-electron chi connectivity index (χ1n) is 4.84. The minimum Gasteiger partial charge on any atom is -0.290 e. The van der Waals surface area contributed by atoms with Gasteiger partial charge in [0.1, 0.15) is 0 Å². The molecular formula is C8H13F2N3O2S. The molecule has 0 saturated carbocycles. The van der Waals surface area contributed by atoms with Gasteiger partial charge in [-0.15, -0.1) is 0 Å². The lowest BCUT2D eigenvalue weighted by Gasteiger charge is -2.30. The summed E-state index contributed by atoms with van der Waals surface area (Å²) in [6, 6.07) is 1.54. The SMILES string of the molecule is N#CCN1CCC(NS(=O)(=O)C(F)F)CC1. The van der Waals surface area contributed by atoms with Crippen LogP contribution in [0.25, 0.3) is 0 Å². The zero-order valence-electron chi connectivity index (χ0n) is 8.57. The lowest BCUT2D eigenvalue weighted by molar-refractivity contribution is 0.215. The van der Waals surface area contributed by atoms with E-state index < -0.39 is 21.8 Å². The first kappa shape index (κ1) is 13.3. The van der Waals surface area contributed by atoms with E-state index in [9.17, 15) is 17.2 Å². The zero-order valence-corrected chi connectivity index (χ0v) is 9.38. The first-order chi connectivity index (χ1) is 7.45. The molecule has 1 aliphatic rings. The van der Waals surface area contributed by atoms with E-state index in [-0.39, 0.29) is 6.54 Å². The smallest absolute Gasteiger partial charge is 0.290 e. The van der Waals surface area contributed by atoms with Crippen molar-refractivity contribution in [3.8, 4) is 6.07 Å². The number of nitrogens with zero attached hydrogens (tertiary/aromatic N) is 2. The van der Waals surface area contributed by atoms with Gasteiger partial charge in [0.15, 0.2) is 0 Å². The second-order valence-electron chi connectivity index (χ2n) is 3.63. The summed E-state index contributed by atoms with van der Waals surface area (Å²) in [5, 5.41) is 8.44. The molecule has 0 aromatic heterocycles. The molecule has 0 radical (unpaired) electrons. The van der Waals surface area contributed by atoms with Gasteiger partial charge in [-0.1, -0.05) is 0 Å². The van der Waals surface area contributed by atoms with Crippen molar-refractivity contribution >= 4 is 10.0 Å². The van der Waals surface area contributed by atoms with Crippen LogP contribution in [0, 0.1) is 11.3 Å². The maximum absolute atomic E-state index is 12.1. The molecule has 1 fully saturated rings. The van der Waals surface area contributed by atoms with E-state index in [0.717, 1.165) is 0 Å². The van der Waals surface area contributed by atoms with Crippen LogP contribution >= 0.6 is 0 Å². The lowest BCUT2D eigenvalue weighted by Crippen LogP contribution is -2.46. The average molecular weight is 253 g/mol. The Labute approximate surface area is 93.1 Å². The molecular weight excluding hydrogens is 240 g/mol. The van der Waals surface area contributed by atoms with Crippen molar-refractivity contribution in [2.45, 2.75) is 24.6 Å². The molecule has 1 heterocycles. The number of hydrogen-bond donors (Lipinski definition) is 1. The van der Waals surface area contributed by atoms with Crippen LogP contribution in [0.15, 0.2) is 0 Å². The van der Waals surface area contributed by atoms with Gasteiger partial charge in [-0.25, -0.2) is 13.1 Å². The second kappa shape index (κ2) is 5.52. The van der Waals surface area contributed by atoms with Crippen LogP contribution in [0.5, 0.6) is 0 Å². The Bertz CT molecular complexity index is 358. The van der Waals surface area contributed by atoms with Gasteiger partial charge < -0.3 is 0 Å². The monoisotopic (exact) mass is 253 g/mol. The molecule has 92 valence electrons. The number of nitriles is 1. The standard InChI is InChI=1S/C8H13F2N3O2S/c9-8(10)16(14,15)12-7-1-4-13(5-2-7)6-3-11/h7-8,12H,1-2,4-6H2. The fourth-order valence-corrected chi connectivity index (χ4v) is 2.40. The molecule has 16 heavy (non-hydrogen) atoms. The third kappa shape index (κ3) is 3.66. The van der Waals surface area contributed by atoms with Gasteiger partial charge in [-0.2, -0.15) is 14.0 Å². The first-order valence-corrected chi connectivity index (χ1v) is 6.39. The van der Waals surface area contributed by atoms with Crippen LogP contribution in [0.3, 0.4) is 0 Å². The summed E-state index contributed by atoms with van der Waals surface area (Å²) in [5.74, 6) is -3.38. The predicted molar refractivity (Wildman–Crippen MR) is 53.1 cm³/mol. The number of halogens is 2. The summed E-state index contributed by atoms with van der Waals surface area (Å²) in [4.78, 5) is 1.85. The fourth-order valence-electron chi connectivity index (χ4n) is 1.59. The Balaban J connectivity index is 2.41. The van der Waals surface area contributed by atoms with E-state index in [0.29, 0.717) is 25.9 Å². The highest BCUT2D eigenvalue weighted by Gasteiger charge is 2.29. The average Bonchev–Trinajstić information content (AvgIpc) is 2.21. The zero-order chi connectivity index (χ0) is 12.2. The van der Waals surface area contributed by atoms with Gasteiger partial charge in [0.25, 0.3) is 10.0 Å². The number of alkyl halides is 2. The number of rotatable bonds is 4. The molecule has 1 aliphatic heterocycles. The summed E-state index contributed by atoms with van der Waals surface area (Å²) in [5.41, 5.74) is 0. The molecule has 0 bridgehead atoms. The Morgan fingerprint density at radius 2 is 2.00 bits per heavy atom. The molecule has 0 atom stereocenters. The summed E-state index contributed by atoms with van der Waals surface area (Å²) in [6.07, 6.45) is 0.904. The Hall–Kier alpha value is -0.780.